The molecule has 0 heterocycles. The van der Waals surface area contributed by atoms with Gasteiger partial charge in [-0.3, -0.25) is 9.59 Å². The molecule has 162 valence electrons. The van der Waals surface area contributed by atoms with E-state index in [1.165, 1.54) is 29.6 Å². The third-order valence-electron chi connectivity index (χ3n) is 5.18. The lowest BCUT2D eigenvalue weighted by molar-refractivity contribution is 0.0972. The van der Waals surface area contributed by atoms with Gasteiger partial charge in [-0.05, 0) is 66.7 Å². The molecule has 0 spiro atoms. The van der Waals surface area contributed by atoms with Crippen LogP contribution in [0.1, 0.15) is 31.8 Å². The first kappa shape index (κ1) is 22.1. The van der Waals surface area contributed by atoms with E-state index >= 15 is 0 Å². The van der Waals surface area contributed by atoms with Crippen molar-refractivity contribution < 1.29 is 14.7 Å². The van der Waals surface area contributed by atoms with E-state index in [0.717, 1.165) is 9.79 Å². The summed E-state index contributed by atoms with van der Waals surface area (Å²) in [7, 11) is 0. The molecule has 4 aromatic carbocycles. The van der Waals surface area contributed by atoms with Gasteiger partial charge in [-0.25, -0.2) is 0 Å². The van der Waals surface area contributed by atoms with Gasteiger partial charge in [-0.2, -0.15) is 0 Å². The third kappa shape index (κ3) is 4.18. The molecular formula is C26H14Cl2O3S2. The molecule has 1 N–H and O–H groups in total. The van der Waals surface area contributed by atoms with Gasteiger partial charge in [0.2, 0.25) is 0 Å². The van der Waals surface area contributed by atoms with Crippen molar-refractivity contribution in [2.75, 3.05) is 0 Å². The average Bonchev–Trinajstić information content (AvgIpc) is 2.81. The van der Waals surface area contributed by atoms with E-state index in [-0.39, 0.29) is 28.4 Å². The lowest BCUT2D eigenvalue weighted by Gasteiger charge is -2.22. The number of fused-ring (bicyclic) bond motifs is 2. The van der Waals surface area contributed by atoms with Gasteiger partial charge in [0.1, 0.15) is 5.75 Å². The van der Waals surface area contributed by atoms with Crippen molar-refractivity contribution in [3.05, 3.63) is 111 Å². The van der Waals surface area contributed by atoms with Gasteiger partial charge in [0.15, 0.2) is 11.6 Å². The molecular weight excluding hydrogens is 495 g/mol. The van der Waals surface area contributed by atoms with Crippen LogP contribution < -0.4 is 0 Å². The molecule has 7 heteroatoms. The molecule has 0 saturated heterocycles. The number of hydrogen-bond donors (Lipinski definition) is 1. The maximum Gasteiger partial charge on any atom is 0.199 e. The molecule has 0 unspecified atom stereocenters. The molecule has 0 bridgehead atoms. The van der Waals surface area contributed by atoms with E-state index in [1.54, 1.807) is 48.5 Å². The summed E-state index contributed by atoms with van der Waals surface area (Å²) in [6.45, 7) is 0. The van der Waals surface area contributed by atoms with Crippen LogP contribution in [-0.2, 0) is 0 Å². The quantitative estimate of drug-likeness (QED) is 0.268. The number of phenolic OH excluding ortho intramolecular Hbond substituents is 1. The fourth-order valence-electron chi connectivity index (χ4n) is 3.67. The zero-order valence-corrected chi connectivity index (χ0v) is 20.0. The van der Waals surface area contributed by atoms with Gasteiger partial charge in [-0.15, -0.1) is 0 Å². The summed E-state index contributed by atoms with van der Waals surface area (Å²) in [5.41, 5.74) is 0.894. The summed E-state index contributed by atoms with van der Waals surface area (Å²) in [6, 6.07) is 22.8. The van der Waals surface area contributed by atoms with Crippen molar-refractivity contribution in [2.24, 2.45) is 0 Å². The lowest BCUT2D eigenvalue weighted by atomic mass is 9.83. The van der Waals surface area contributed by atoms with Crippen LogP contribution in [0.15, 0.2) is 98.4 Å². The summed E-state index contributed by atoms with van der Waals surface area (Å²) < 4.78 is 0. The normalized spacial score (nSPS) is 12.4. The first-order valence-electron chi connectivity index (χ1n) is 9.87. The number of aromatic hydroxyl groups is 1. The second-order valence-corrected chi connectivity index (χ2v) is 10.4. The van der Waals surface area contributed by atoms with Crippen molar-refractivity contribution in [1.82, 2.24) is 0 Å². The molecule has 1 aliphatic rings. The highest BCUT2D eigenvalue weighted by Crippen LogP contribution is 2.43. The molecule has 0 fully saturated rings. The summed E-state index contributed by atoms with van der Waals surface area (Å²) >= 11 is 14.7. The van der Waals surface area contributed by atoms with Crippen LogP contribution in [0.25, 0.3) is 0 Å². The van der Waals surface area contributed by atoms with E-state index in [2.05, 4.69) is 0 Å². The first-order valence-corrected chi connectivity index (χ1v) is 12.3. The number of carbonyl (C=O) groups excluding carboxylic acids is 2. The monoisotopic (exact) mass is 508 g/mol. The molecule has 4 aromatic rings. The lowest BCUT2D eigenvalue weighted by Crippen LogP contribution is -2.22. The highest BCUT2D eigenvalue weighted by Gasteiger charge is 2.36. The van der Waals surface area contributed by atoms with Crippen molar-refractivity contribution in [3.63, 3.8) is 0 Å². The number of hydrogen-bond acceptors (Lipinski definition) is 5. The number of phenols is 1. The topological polar surface area (TPSA) is 54.4 Å². The van der Waals surface area contributed by atoms with Crippen molar-refractivity contribution in [2.45, 2.75) is 19.6 Å². The summed E-state index contributed by atoms with van der Waals surface area (Å²) in [6.07, 6.45) is 0. The summed E-state index contributed by atoms with van der Waals surface area (Å²) in [5, 5.41) is 11.8. The maximum absolute atomic E-state index is 13.6. The summed E-state index contributed by atoms with van der Waals surface area (Å²) in [4.78, 5) is 30.2. The molecule has 0 saturated carbocycles. The second kappa shape index (κ2) is 8.92. The molecule has 5 rings (SSSR count). The average molecular weight is 509 g/mol. The van der Waals surface area contributed by atoms with Crippen molar-refractivity contribution in [1.29, 1.82) is 0 Å². The van der Waals surface area contributed by atoms with Gasteiger partial charge in [0.25, 0.3) is 0 Å². The Morgan fingerprint density at radius 3 is 1.70 bits per heavy atom. The van der Waals surface area contributed by atoms with Crippen LogP contribution in [0.3, 0.4) is 0 Å². The molecule has 0 radical (unpaired) electrons. The Kier molecular flexibility index (Phi) is 5.97. The molecule has 33 heavy (non-hydrogen) atoms. The van der Waals surface area contributed by atoms with Crippen LogP contribution in [0.2, 0.25) is 10.0 Å². The summed E-state index contributed by atoms with van der Waals surface area (Å²) in [5.74, 6) is -0.862. The van der Waals surface area contributed by atoms with Crippen LogP contribution >= 0.6 is 46.7 Å². The minimum Gasteiger partial charge on any atom is -0.507 e. The second-order valence-electron chi connectivity index (χ2n) is 7.28. The molecule has 0 aliphatic heterocycles. The van der Waals surface area contributed by atoms with E-state index in [0.29, 0.717) is 31.0 Å². The predicted molar refractivity (Wildman–Crippen MR) is 133 cm³/mol. The van der Waals surface area contributed by atoms with Gasteiger partial charge in [0, 0.05) is 40.8 Å². The van der Waals surface area contributed by atoms with Crippen molar-refractivity contribution in [3.8, 4) is 5.75 Å². The minimum atomic E-state index is -0.368. The van der Waals surface area contributed by atoms with E-state index in [4.69, 9.17) is 23.2 Å². The highest BCUT2D eigenvalue weighted by molar-refractivity contribution is 7.99. The Balaban J connectivity index is 1.60. The number of halogens is 2. The number of rotatable bonds is 4. The van der Waals surface area contributed by atoms with Crippen molar-refractivity contribution >= 4 is 58.3 Å². The van der Waals surface area contributed by atoms with Gasteiger partial charge >= 0.3 is 0 Å². The fraction of sp³-hybridized carbons (Fsp3) is 0. The molecule has 3 nitrogen and oxygen atoms in total. The van der Waals surface area contributed by atoms with Crippen LogP contribution in [0.5, 0.6) is 5.75 Å². The standard InChI is InChI=1S/C26H14Cl2O3S2/c27-14-4-8-16(9-5-14)32-20-3-1-2-18-22(20)26(31)23-19(29)12-13-21(24(23)25(18)30)33-17-10-6-15(28)7-11-17/h1-13,29H. The third-order valence-corrected chi connectivity index (χ3v) is 7.82. The van der Waals surface area contributed by atoms with E-state index < -0.39 is 0 Å². The van der Waals surface area contributed by atoms with E-state index in [9.17, 15) is 14.7 Å². The number of benzene rings is 4. The minimum absolute atomic E-state index is 0.0376. The zero-order valence-electron chi connectivity index (χ0n) is 16.8. The Morgan fingerprint density at radius 1 is 0.576 bits per heavy atom. The Labute approximate surface area is 208 Å². The highest BCUT2D eigenvalue weighted by atomic mass is 35.5. The Hall–Kier alpha value is -2.70. The van der Waals surface area contributed by atoms with E-state index in [1.807, 2.05) is 24.3 Å². The first-order chi connectivity index (χ1) is 15.9. The number of ketones is 2. The van der Waals surface area contributed by atoms with Gasteiger partial charge in [-0.1, -0.05) is 58.9 Å². The Bertz CT molecular complexity index is 1420. The maximum atomic E-state index is 13.6. The zero-order chi connectivity index (χ0) is 23.1. The van der Waals surface area contributed by atoms with Gasteiger partial charge < -0.3 is 5.11 Å². The smallest absolute Gasteiger partial charge is 0.199 e. The SMILES string of the molecule is O=C1c2c(Sc3ccc(Cl)cc3)cccc2C(=O)c2c(Sc3ccc(Cl)cc3)ccc(O)c21. The Morgan fingerprint density at radius 2 is 1.12 bits per heavy atom. The number of carbonyl (C=O) groups is 2. The fourth-order valence-corrected chi connectivity index (χ4v) is 5.86. The van der Waals surface area contributed by atoms with Crippen LogP contribution in [0.4, 0.5) is 0 Å². The van der Waals surface area contributed by atoms with Crippen LogP contribution in [0, 0.1) is 0 Å². The largest absolute Gasteiger partial charge is 0.507 e. The van der Waals surface area contributed by atoms with Crippen LogP contribution in [-0.4, -0.2) is 16.7 Å². The molecule has 1 aliphatic carbocycles. The molecule has 0 amide bonds. The molecule has 0 aromatic heterocycles. The van der Waals surface area contributed by atoms with Gasteiger partial charge in [0.05, 0.1) is 11.1 Å². The molecule has 0 atom stereocenters. The predicted octanol–water partition coefficient (Wildman–Crippen LogP) is 7.78.